The number of halogens is 1. The first-order valence-corrected chi connectivity index (χ1v) is 6.35. The largest absolute Gasteiger partial charge is 0.479 e. The van der Waals surface area contributed by atoms with Crippen molar-refractivity contribution in [2.24, 2.45) is 0 Å². The number of benzene rings is 1. The maximum absolute atomic E-state index is 11.6. The van der Waals surface area contributed by atoms with E-state index in [1.807, 2.05) is 24.1 Å². The van der Waals surface area contributed by atoms with E-state index in [-0.39, 0.29) is 0 Å². The second kappa shape index (κ2) is 5.16. The van der Waals surface area contributed by atoms with Gasteiger partial charge in [-0.1, -0.05) is 17.7 Å². The number of aliphatic carboxylic acids is 1. The highest BCUT2D eigenvalue weighted by Gasteiger charge is 2.41. The first-order valence-electron chi connectivity index (χ1n) is 5.97. The molecule has 0 spiro atoms. The predicted octanol–water partition coefficient (Wildman–Crippen LogP) is 2.30. The van der Waals surface area contributed by atoms with E-state index in [0.29, 0.717) is 18.0 Å². The molecule has 0 amide bonds. The third-order valence-electron chi connectivity index (χ3n) is 3.30. The smallest absolute Gasteiger partial charge is 0.330 e. The fourth-order valence-corrected chi connectivity index (χ4v) is 2.63. The van der Waals surface area contributed by atoms with E-state index in [9.17, 15) is 9.90 Å². The van der Waals surface area contributed by atoms with Gasteiger partial charge < -0.3 is 15.3 Å². The molecule has 0 radical (unpaired) electrons. The van der Waals surface area contributed by atoms with Crippen LogP contribution in [-0.2, 0) is 4.79 Å². The summed E-state index contributed by atoms with van der Waals surface area (Å²) in [5.41, 5.74) is -0.169. The van der Waals surface area contributed by atoms with Gasteiger partial charge in [0.05, 0.1) is 0 Å². The summed E-state index contributed by atoms with van der Waals surface area (Å²) in [4.78, 5) is 13.6. The van der Waals surface area contributed by atoms with Gasteiger partial charge >= 0.3 is 5.97 Å². The van der Waals surface area contributed by atoms with Crippen molar-refractivity contribution in [2.75, 3.05) is 25.5 Å². The minimum absolute atomic E-state index is 0.495. The van der Waals surface area contributed by atoms with E-state index >= 15 is 0 Å². The molecule has 1 aromatic rings. The molecule has 4 nitrogen and oxygen atoms in total. The number of hydrogen-bond donors (Lipinski definition) is 2. The van der Waals surface area contributed by atoms with E-state index in [2.05, 4.69) is 5.32 Å². The van der Waals surface area contributed by atoms with Gasteiger partial charge in [-0.15, -0.1) is 0 Å². The van der Waals surface area contributed by atoms with Crippen LogP contribution in [0.1, 0.15) is 12.8 Å². The van der Waals surface area contributed by atoms with E-state index in [1.54, 1.807) is 12.1 Å². The van der Waals surface area contributed by atoms with Crippen LogP contribution < -0.4 is 5.32 Å². The monoisotopic (exact) mass is 268 g/mol. The third-order valence-corrected chi connectivity index (χ3v) is 3.54. The number of rotatable bonds is 3. The molecule has 2 N–H and O–H groups in total. The average molecular weight is 269 g/mol. The zero-order chi connectivity index (χ0) is 13.2. The third kappa shape index (κ3) is 2.76. The molecule has 1 heterocycles. The quantitative estimate of drug-likeness (QED) is 0.883. The first-order chi connectivity index (χ1) is 8.52. The molecule has 1 unspecified atom stereocenters. The number of anilines is 1. The van der Waals surface area contributed by atoms with E-state index in [4.69, 9.17) is 11.6 Å². The summed E-state index contributed by atoms with van der Waals surface area (Å²) in [7, 11) is 1.94. The van der Waals surface area contributed by atoms with Crippen molar-refractivity contribution in [3.8, 4) is 0 Å². The number of carboxylic acids is 1. The van der Waals surface area contributed by atoms with Crippen molar-refractivity contribution in [3.05, 3.63) is 29.3 Å². The van der Waals surface area contributed by atoms with Crippen LogP contribution in [0.25, 0.3) is 0 Å². The van der Waals surface area contributed by atoms with Crippen molar-refractivity contribution < 1.29 is 9.90 Å². The molecule has 2 rings (SSSR count). The van der Waals surface area contributed by atoms with Gasteiger partial charge in [0.1, 0.15) is 5.54 Å². The molecule has 1 saturated heterocycles. The zero-order valence-corrected chi connectivity index (χ0v) is 11.1. The Balaban J connectivity index is 2.23. The maximum Gasteiger partial charge on any atom is 0.330 e. The SMILES string of the molecule is CN1CCCC(Nc2cccc(Cl)c2)(C(=O)O)C1. The van der Waals surface area contributed by atoms with Crippen molar-refractivity contribution in [1.29, 1.82) is 0 Å². The van der Waals surface area contributed by atoms with Crippen molar-refractivity contribution in [2.45, 2.75) is 18.4 Å². The molecule has 0 aromatic heterocycles. The van der Waals surface area contributed by atoms with Gasteiger partial charge in [-0.05, 0) is 44.6 Å². The van der Waals surface area contributed by atoms with Crippen LogP contribution in [0.3, 0.4) is 0 Å². The van der Waals surface area contributed by atoms with E-state index in [0.717, 1.165) is 18.7 Å². The number of likely N-dealkylation sites (tertiary alicyclic amines) is 1. The lowest BCUT2D eigenvalue weighted by Gasteiger charge is -2.39. The standard InChI is InChI=1S/C13H17ClN2O2/c1-16-7-3-6-13(9-16,12(17)18)15-11-5-2-4-10(14)8-11/h2,4-5,8,15H,3,6-7,9H2,1H3,(H,17,18). The molecular formula is C13H17ClN2O2. The van der Waals surface area contributed by atoms with Crippen LogP contribution in [0.2, 0.25) is 5.02 Å². The van der Waals surface area contributed by atoms with Crippen LogP contribution in [0.5, 0.6) is 0 Å². The van der Waals surface area contributed by atoms with Crippen LogP contribution in [0, 0.1) is 0 Å². The van der Waals surface area contributed by atoms with Crippen LogP contribution in [-0.4, -0.2) is 41.7 Å². The molecule has 0 saturated carbocycles. The fraction of sp³-hybridized carbons (Fsp3) is 0.462. The van der Waals surface area contributed by atoms with Gasteiger partial charge in [-0.25, -0.2) is 4.79 Å². The molecule has 1 atom stereocenters. The molecule has 98 valence electrons. The predicted molar refractivity (Wildman–Crippen MR) is 72.2 cm³/mol. The fourth-order valence-electron chi connectivity index (χ4n) is 2.44. The molecule has 1 fully saturated rings. The van der Waals surface area contributed by atoms with Crippen LogP contribution >= 0.6 is 11.6 Å². The van der Waals surface area contributed by atoms with Gasteiger partial charge in [0, 0.05) is 17.3 Å². The average Bonchev–Trinajstić information content (AvgIpc) is 2.28. The number of hydrogen-bond acceptors (Lipinski definition) is 3. The number of nitrogens with zero attached hydrogens (tertiary/aromatic N) is 1. The summed E-state index contributed by atoms with van der Waals surface area (Å²) in [6, 6.07) is 7.17. The highest BCUT2D eigenvalue weighted by molar-refractivity contribution is 6.30. The Kier molecular flexibility index (Phi) is 3.78. The van der Waals surface area contributed by atoms with E-state index < -0.39 is 11.5 Å². The highest BCUT2D eigenvalue weighted by atomic mass is 35.5. The van der Waals surface area contributed by atoms with Gasteiger partial charge in [-0.3, -0.25) is 0 Å². The second-order valence-corrected chi connectivity index (χ2v) is 5.30. The molecule has 0 aliphatic carbocycles. The van der Waals surface area contributed by atoms with Crippen LogP contribution in [0.4, 0.5) is 5.69 Å². The summed E-state index contributed by atoms with van der Waals surface area (Å²) in [5, 5.41) is 13.3. The maximum atomic E-state index is 11.6. The van der Waals surface area contributed by atoms with Crippen molar-refractivity contribution in [3.63, 3.8) is 0 Å². The number of piperidine rings is 1. The van der Waals surface area contributed by atoms with Crippen molar-refractivity contribution >= 4 is 23.3 Å². The summed E-state index contributed by atoms with van der Waals surface area (Å²) in [6.07, 6.45) is 1.50. The second-order valence-electron chi connectivity index (χ2n) is 4.86. The minimum Gasteiger partial charge on any atom is -0.479 e. The molecular weight excluding hydrogens is 252 g/mol. The highest BCUT2D eigenvalue weighted by Crippen LogP contribution is 2.27. The normalized spacial score (nSPS) is 24.8. The lowest BCUT2D eigenvalue weighted by Crippen LogP contribution is -2.57. The van der Waals surface area contributed by atoms with Gasteiger partial charge in [0.2, 0.25) is 0 Å². The van der Waals surface area contributed by atoms with Gasteiger partial charge in [0.15, 0.2) is 0 Å². The Labute approximate surface area is 112 Å². The van der Waals surface area contributed by atoms with Gasteiger partial charge in [-0.2, -0.15) is 0 Å². The molecule has 1 aliphatic rings. The van der Waals surface area contributed by atoms with Crippen LogP contribution in [0.15, 0.2) is 24.3 Å². The summed E-state index contributed by atoms with van der Waals surface area (Å²) >= 11 is 5.92. The molecule has 5 heteroatoms. The summed E-state index contributed by atoms with van der Waals surface area (Å²) in [5.74, 6) is -0.811. The lowest BCUT2D eigenvalue weighted by molar-refractivity contribution is -0.144. The Morgan fingerprint density at radius 2 is 2.33 bits per heavy atom. The number of nitrogens with one attached hydrogen (secondary N) is 1. The number of carboxylic acid groups (broad SMARTS) is 1. The molecule has 1 aromatic carbocycles. The Bertz CT molecular complexity index is 452. The van der Waals surface area contributed by atoms with Crippen molar-refractivity contribution in [1.82, 2.24) is 4.90 Å². The summed E-state index contributed by atoms with van der Waals surface area (Å²) in [6.45, 7) is 1.43. The minimum atomic E-state index is -0.919. The molecule has 0 bridgehead atoms. The zero-order valence-electron chi connectivity index (χ0n) is 10.3. The van der Waals surface area contributed by atoms with Gasteiger partial charge in [0.25, 0.3) is 0 Å². The lowest BCUT2D eigenvalue weighted by atomic mass is 9.89. The number of carbonyl (C=O) groups is 1. The Morgan fingerprint density at radius 1 is 1.56 bits per heavy atom. The van der Waals surface area contributed by atoms with E-state index in [1.165, 1.54) is 0 Å². The molecule has 18 heavy (non-hydrogen) atoms. The molecule has 1 aliphatic heterocycles. The topological polar surface area (TPSA) is 52.6 Å². The Morgan fingerprint density at radius 3 is 2.94 bits per heavy atom. The summed E-state index contributed by atoms with van der Waals surface area (Å²) < 4.78 is 0. The number of likely N-dealkylation sites (N-methyl/N-ethyl adjacent to an activating group) is 1. The Hall–Kier alpha value is -1.26. The first kappa shape index (κ1) is 13.2.